The zero-order chi connectivity index (χ0) is 12.8. The molecule has 6 heteroatoms. The molecular formula is C12H14Na2O4. The van der Waals surface area contributed by atoms with Gasteiger partial charge in [-0.3, -0.25) is 0 Å². The molecule has 18 heavy (non-hydrogen) atoms. The molecule has 0 heterocycles. The molecule has 0 bridgehead atoms. The third kappa shape index (κ3) is 36.0. The smallest absolute Gasteiger partial charge is 0.545 e. The Hall–Kier alpha value is -0.1000. The quantitative estimate of drug-likeness (QED) is 0.289. The zero-order valence-electron chi connectivity index (χ0n) is 11.3. The molecule has 0 saturated carbocycles. The van der Waals surface area contributed by atoms with Gasteiger partial charge >= 0.3 is 59.1 Å². The van der Waals surface area contributed by atoms with E-state index in [1.165, 1.54) is 12.2 Å². The summed E-state index contributed by atoms with van der Waals surface area (Å²) in [5.74, 6) is -2.33. The number of carbonyl (C=O) groups excluding carboxylic acids is 2. The van der Waals surface area contributed by atoms with Crippen LogP contribution in [0.3, 0.4) is 0 Å². The maximum Gasteiger partial charge on any atom is 1.00 e. The summed E-state index contributed by atoms with van der Waals surface area (Å²) in [5.41, 5.74) is 0. The van der Waals surface area contributed by atoms with Gasteiger partial charge in [0.1, 0.15) is 0 Å². The van der Waals surface area contributed by atoms with Crippen LogP contribution in [0.4, 0.5) is 0 Å². The molecule has 0 aromatic carbocycles. The van der Waals surface area contributed by atoms with Gasteiger partial charge in [0.15, 0.2) is 0 Å². The predicted octanol–water partition coefficient (Wildman–Crippen LogP) is -6.25. The van der Waals surface area contributed by atoms with Gasteiger partial charge in [-0.25, -0.2) is 0 Å². The molecule has 4 nitrogen and oxygen atoms in total. The average molecular weight is 268 g/mol. The number of carbonyl (C=O) groups is 2. The Labute approximate surface area is 152 Å². The molecule has 0 aliphatic rings. The van der Waals surface area contributed by atoms with E-state index in [4.69, 9.17) is 0 Å². The number of aliphatic carboxylic acids is 2. The molecule has 0 aliphatic heterocycles. The van der Waals surface area contributed by atoms with Gasteiger partial charge in [0.25, 0.3) is 0 Å². The maximum absolute atomic E-state index is 9.64. The van der Waals surface area contributed by atoms with Gasteiger partial charge in [0.05, 0.1) is 11.9 Å². The van der Waals surface area contributed by atoms with Crippen LogP contribution >= 0.6 is 0 Å². The van der Waals surface area contributed by atoms with Crippen LogP contribution in [-0.2, 0) is 9.59 Å². The molecule has 0 aromatic rings. The second-order valence-corrected chi connectivity index (χ2v) is 2.41. The summed E-state index contributed by atoms with van der Waals surface area (Å²) >= 11 is 0. The van der Waals surface area contributed by atoms with Crippen molar-refractivity contribution >= 4 is 11.9 Å². The fourth-order valence-electron chi connectivity index (χ4n) is 0.490. The van der Waals surface area contributed by atoms with Gasteiger partial charge in [-0.1, -0.05) is 36.5 Å². The molecule has 0 unspecified atom stereocenters. The van der Waals surface area contributed by atoms with Gasteiger partial charge in [0.2, 0.25) is 0 Å². The summed E-state index contributed by atoms with van der Waals surface area (Å²) < 4.78 is 0. The minimum atomic E-state index is -1.16. The largest absolute Gasteiger partial charge is 1.00 e. The molecule has 0 N–H and O–H groups in total. The van der Waals surface area contributed by atoms with Crippen molar-refractivity contribution in [3.05, 3.63) is 48.6 Å². The second kappa shape index (κ2) is 22.1. The Bertz CT molecular complexity index is 286. The molecule has 0 rings (SSSR count). The van der Waals surface area contributed by atoms with E-state index in [0.717, 1.165) is 12.2 Å². The summed E-state index contributed by atoms with van der Waals surface area (Å²) in [6, 6.07) is 0. The van der Waals surface area contributed by atoms with Gasteiger partial charge in [-0.15, -0.1) is 0 Å². The minimum Gasteiger partial charge on any atom is -0.545 e. The normalized spacial score (nSPS) is 9.89. The van der Waals surface area contributed by atoms with Crippen molar-refractivity contribution in [3.8, 4) is 0 Å². The van der Waals surface area contributed by atoms with Gasteiger partial charge in [-0.05, 0) is 26.0 Å². The van der Waals surface area contributed by atoms with Crippen molar-refractivity contribution in [2.75, 3.05) is 0 Å². The molecule has 0 fully saturated rings. The standard InChI is InChI=1S/2C6H8O2.2Na/c2*1-2-3-4-5-6(7)8;;/h2*2-5H,1H3,(H,7,8);;/q;;2*+1/p-2. The van der Waals surface area contributed by atoms with Crippen LogP contribution in [0.2, 0.25) is 0 Å². The van der Waals surface area contributed by atoms with Crippen molar-refractivity contribution in [2.45, 2.75) is 13.8 Å². The van der Waals surface area contributed by atoms with E-state index in [0.29, 0.717) is 0 Å². The third-order valence-corrected chi connectivity index (χ3v) is 1.07. The zero-order valence-corrected chi connectivity index (χ0v) is 15.3. The predicted molar refractivity (Wildman–Crippen MR) is 57.9 cm³/mol. The Balaban J connectivity index is -0.0000000980. The van der Waals surface area contributed by atoms with E-state index in [1.54, 1.807) is 38.2 Å². The Morgan fingerprint density at radius 2 is 1.00 bits per heavy atom. The van der Waals surface area contributed by atoms with E-state index >= 15 is 0 Å². The van der Waals surface area contributed by atoms with Crippen LogP contribution in [0, 0.1) is 0 Å². The molecule has 0 spiro atoms. The molecule has 0 amide bonds. The Morgan fingerprint density at radius 3 is 1.17 bits per heavy atom. The summed E-state index contributed by atoms with van der Waals surface area (Å²) in [6.45, 7) is 3.61. The molecular weight excluding hydrogens is 254 g/mol. The maximum atomic E-state index is 9.64. The first-order chi connectivity index (χ1) is 7.54. The molecule has 0 aromatic heterocycles. The van der Waals surface area contributed by atoms with E-state index < -0.39 is 11.9 Å². The van der Waals surface area contributed by atoms with Gasteiger partial charge in [0, 0.05) is 0 Å². The molecule has 0 aliphatic carbocycles. The first-order valence-corrected chi connectivity index (χ1v) is 4.55. The summed E-state index contributed by atoms with van der Waals surface area (Å²) in [4.78, 5) is 19.3. The Morgan fingerprint density at radius 1 is 0.722 bits per heavy atom. The van der Waals surface area contributed by atoms with E-state index in [-0.39, 0.29) is 59.1 Å². The molecule has 0 saturated heterocycles. The van der Waals surface area contributed by atoms with Crippen molar-refractivity contribution in [3.63, 3.8) is 0 Å². The van der Waals surface area contributed by atoms with Crippen LogP contribution in [0.5, 0.6) is 0 Å². The van der Waals surface area contributed by atoms with Crippen LogP contribution in [-0.4, -0.2) is 11.9 Å². The molecule has 0 radical (unpaired) electrons. The minimum absolute atomic E-state index is 0. The van der Waals surface area contributed by atoms with E-state index in [9.17, 15) is 19.8 Å². The SMILES string of the molecule is CC=CC=CC(=O)[O-].CC=CC=CC(=O)[O-].[Na+].[Na+]. The van der Waals surface area contributed by atoms with Crippen LogP contribution in [0.15, 0.2) is 48.6 Å². The first kappa shape index (κ1) is 26.5. The van der Waals surface area contributed by atoms with Crippen molar-refractivity contribution in [1.29, 1.82) is 0 Å². The topological polar surface area (TPSA) is 80.3 Å². The van der Waals surface area contributed by atoms with Crippen LogP contribution < -0.4 is 69.3 Å². The average Bonchev–Trinajstić information content (AvgIpc) is 2.18. The monoisotopic (exact) mass is 268 g/mol. The van der Waals surface area contributed by atoms with Crippen molar-refractivity contribution in [1.82, 2.24) is 0 Å². The number of hydrogen-bond acceptors (Lipinski definition) is 4. The van der Waals surface area contributed by atoms with Crippen LogP contribution in [0.1, 0.15) is 13.8 Å². The first-order valence-electron chi connectivity index (χ1n) is 4.55. The molecule has 88 valence electrons. The Kier molecular flexibility index (Phi) is 32.5. The van der Waals surface area contributed by atoms with E-state index in [1.807, 2.05) is 0 Å². The fourth-order valence-corrected chi connectivity index (χ4v) is 0.490. The van der Waals surface area contributed by atoms with Crippen LogP contribution in [0.25, 0.3) is 0 Å². The molecule has 0 atom stereocenters. The third-order valence-electron chi connectivity index (χ3n) is 1.07. The number of rotatable bonds is 4. The van der Waals surface area contributed by atoms with E-state index in [2.05, 4.69) is 0 Å². The van der Waals surface area contributed by atoms with Gasteiger partial charge in [-0.2, -0.15) is 0 Å². The van der Waals surface area contributed by atoms with Crippen molar-refractivity contribution < 1.29 is 78.9 Å². The number of allylic oxidation sites excluding steroid dienone is 6. The van der Waals surface area contributed by atoms with Crippen molar-refractivity contribution in [2.24, 2.45) is 0 Å². The summed E-state index contributed by atoms with van der Waals surface area (Å²) in [7, 11) is 0. The number of carboxylic acid groups (broad SMARTS) is 2. The summed E-state index contributed by atoms with van der Waals surface area (Å²) in [6.07, 6.45) is 11.5. The fraction of sp³-hybridized carbons (Fsp3) is 0.167. The van der Waals surface area contributed by atoms with Gasteiger partial charge < -0.3 is 19.8 Å². The second-order valence-electron chi connectivity index (χ2n) is 2.41. The summed E-state index contributed by atoms with van der Waals surface area (Å²) in [5, 5.41) is 19.3. The number of carboxylic acids is 2. The number of hydrogen-bond donors (Lipinski definition) is 0.